The third-order valence-corrected chi connectivity index (χ3v) is 0.957. The topological polar surface area (TPSA) is 0 Å². The summed E-state index contributed by atoms with van der Waals surface area (Å²) in [6.45, 7) is 11.0. The Kier molecular flexibility index (Phi) is 11.2. The molecule has 0 aliphatic rings. The van der Waals surface area contributed by atoms with E-state index in [1.165, 1.54) is 25.7 Å². The van der Waals surface area contributed by atoms with Crippen LogP contribution in [0.1, 0.15) is 60.3 Å². The monoisotopic (exact) mass is 150 g/mol. The van der Waals surface area contributed by atoms with Crippen molar-refractivity contribution in [2.45, 2.75) is 64.4 Å². The van der Waals surface area contributed by atoms with Crippen molar-refractivity contribution in [2.75, 3.05) is 0 Å². The van der Waals surface area contributed by atoms with Crippen molar-refractivity contribution in [1.82, 2.24) is 0 Å². The van der Waals surface area contributed by atoms with E-state index in [4.69, 9.17) is 0 Å². The first-order valence-electron chi connectivity index (χ1n) is 4.91. The molecule has 0 bridgehead atoms. The van der Waals surface area contributed by atoms with E-state index in [-0.39, 0.29) is 0 Å². The summed E-state index contributed by atoms with van der Waals surface area (Å²) in [6, 6.07) is 0. The zero-order chi connectivity index (χ0) is 9.33. The first-order chi connectivity index (χ1) is 4.91. The fourth-order valence-corrected chi connectivity index (χ4v) is 0.500. The molecule has 0 N–H and O–H groups in total. The average molecular weight is 150 g/mol. The van der Waals surface area contributed by atoms with Gasteiger partial charge < -0.3 is 0 Å². The van der Waals surface area contributed by atoms with Crippen LogP contribution in [0.3, 0.4) is 0 Å². The molecular formula is C10H23Li. The van der Waals surface area contributed by atoms with E-state index in [9.17, 15) is 0 Å². The van der Waals surface area contributed by atoms with E-state index in [1.54, 1.807) is 0 Å². The van der Waals surface area contributed by atoms with Crippen molar-refractivity contribution in [3.8, 4) is 0 Å². The summed E-state index contributed by atoms with van der Waals surface area (Å²) in [7, 11) is 0. The minimum atomic E-state index is 0.500. The van der Waals surface area contributed by atoms with Crippen LogP contribution in [0.25, 0.3) is 0 Å². The summed E-state index contributed by atoms with van der Waals surface area (Å²) in [6.07, 6.45) is 5.54. The summed E-state index contributed by atoms with van der Waals surface area (Å²) < 4.78 is 0.500. The fourth-order valence-electron chi connectivity index (χ4n) is 0.500. The van der Waals surface area contributed by atoms with Crippen molar-refractivity contribution < 1.29 is 0 Å². The van der Waals surface area contributed by atoms with Crippen molar-refractivity contribution in [2.24, 2.45) is 0 Å². The predicted molar refractivity (Wildman–Crippen MR) is 55.3 cm³/mol. The molecule has 0 aromatic rings. The van der Waals surface area contributed by atoms with Gasteiger partial charge in [0.25, 0.3) is 0 Å². The third kappa shape index (κ3) is 60.5. The maximum absolute atomic E-state index is 2.23. The molecule has 0 saturated carbocycles. The summed E-state index contributed by atoms with van der Waals surface area (Å²) >= 11 is 2.19. The van der Waals surface area contributed by atoms with Crippen LogP contribution in [0.5, 0.6) is 0 Å². The molecule has 0 saturated heterocycles. The van der Waals surface area contributed by atoms with Gasteiger partial charge in [0.1, 0.15) is 0 Å². The van der Waals surface area contributed by atoms with Gasteiger partial charge in [-0.15, -0.1) is 0 Å². The van der Waals surface area contributed by atoms with E-state index < -0.39 is 0 Å². The molecule has 0 aliphatic carbocycles. The van der Waals surface area contributed by atoms with Crippen molar-refractivity contribution >= 4 is 17.7 Å². The van der Waals surface area contributed by atoms with Crippen molar-refractivity contribution in [1.29, 1.82) is 0 Å². The molecule has 11 heavy (non-hydrogen) atoms. The molecule has 0 unspecified atom stereocenters. The van der Waals surface area contributed by atoms with Crippen LogP contribution in [-0.4, -0.2) is 17.7 Å². The number of hydrogen-bond acceptors (Lipinski definition) is 0. The molecule has 0 spiro atoms. The molecular weight excluding hydrogens is 127 g/mol. The number of unbranched alkanes of at least 4 members (excludes halogenated alkanes) is 3. The van der Waals surface area contributed by atoms with Crippen LogP contribution in [-0.2, 0) is 0 Å². The Morgan fingerprint density at radius 3 is 1.18 bits per heavy atom. The van der Waals surface area contributed by atoms with Gasteiger partial charge in [0.05, 0.1) is 0 Å². The van der Waals surface area contributed by atoms with Crippen LogP contribution in [0, 0.1) is 0 Å². The van der Waals surface area contributed by atoms with Crippen LogP contribution < -0.4 is 0 Å². The molecule has 64 valence electrons. The zero-order valence-corrected chi connectivity index (χ0v) is 9.33. The predicted octanol–water partition coefficient (Wildman–Crippen LogP) is 3.96. The van der Waals surface area contributed by atoms with E-state index in [2.05, 4.69) is 52.3 Å². The molecule has 0 heterocycles. The Morgan fingerprint density at radius 2 is 1.09 bits per heavy atom. The van der Waals surface area contributed by atoms with Gasteiger partial charge >= 0.3 is 42.6 Å². The molecule has 0 rings (SSSR count). The van der Waals surface area contributed by atoms with Crippen molar-refractivity contribution in [3.63, 3.8) is 0 Å². The summed E-state index contributed by atoms with van der Waals surface area (Å²) in [5.41, 5.74) is 0. The number of hydrogen-bond donors (Lipinski definition) is 0. The second-order valence-electron chi connectivity index (χ2n) is 4.71. The Morgan fingerprint density at radius 1 is 0.909 bits per heavy atom. The second kappa shape index (κ2) is 8.69. The van der Waals surface area contributed by atoms with Gasteiger partial charge in [-0.25, -0.2) is 0 Å². The van der Waals surface area contributed by atoms with Crippen LogP contribution in [0.4, 0.5) is 0 Å². The van der Waals surface area contributed by atoms with Gasteiger partial charge in [-0.05, 0) is 0 Å². The standard InChI is InChI=1S/C6H14.C4H9.Li/c1-3-5-6-4-2;1-4(2)3;/h3-6H2,1-2H3;1-3H3;. The molecule has 0 aromatic carbocycles. The van der Waals surface area contributed by atoms with E-state index in [0.29, 0.717) is 4.09 Å². The fraction of sp³-hybridized carbons (Fsp3) is 1.00. The Bertz CT molecular complexity index is 51.8. The maximum atomic E-state index is 2.23. The van der Waals surface area contributed by atoms with Gasteiger partial charge in [-0.1, -0.05) is 39.5 Å². The van der Waals surface area contributed by atoms with E-state index in [0.717, 1.165) is 0 Å². The third-order valence-electron chi connectivity index (χ3n) is 0.957. The molecule has 0 aliphatic heterocycles. The second-order valence-corrected chi connectivity index (χ2v) is 4.71. The number of rotatable bonds is 3. The van der Waals surface area contributed by atoms with Crippen LogP contribution in [0.15, 0.2) is 0 Å². The molecule has 0 atom stereocenters. The average Bonchev–Trinajstić information content (AvgIpc) is 1.79. The van der Waals surface area contributed by atoms with Gasteiger partial charge in [0.15, 0.2) is 0 Å². The van der Waals surface area contributed by atoms with Gasteiger partial charge in [0.2, 0.25) is 0 Å². The quantitative estimate of drug-likeness (QED) is 0.422. The Hall–Kier alpha value is 0.597. The summed E-state index contributed by atoms with van der Waals surface area (Å²) in [5, 5.41) is 0. The SMILES string of the molecule is CCCCCC.[Li][C](C)(C)C. The zero-order valence-electron chi connectivity index (χ0n) is 9.33. The van der Waals surface area contributed by atoms with Crippen molar-refractivity contribution in [3.05, 3.63) is 0 Å². The molecule has 0 aromatic heterocycles. The van der Waals surface area contributed by atoms with E-state index in [1.807, 2.05) is 0 Å². The molecule has 0 fully saturated rings. The van der Waals surface area contributed by atoms with E-state index >= 15 is 0 Å². The van der Waals surface area contributed by atoms with Gasteiger partial charge in [-0.2, -0.15) is 0 Å². The molecule has 0 amide bonds. The van der Waals surface area contributed by atoms with Gasteiger partial charge in [0, 0.05) is 0 Å². The Labute approximate surface area is 82.4 Å². The first-order valence-corrected chi connectivity index (χ1v) is 4.91. The van der Waals surface area contributed by atoms with Gasteiger partial charge in [-0.3, -0.25) is 0 Å². The summed E-state index contributed by atoms with van der Waals surface area (Å²) in [5.74, 6) is 0. The normalized spacial score (nSPS) is 10.5. The molecule has 0 nitrogen and oxygen atoms in total. The van der Waals surface area contributed by atoms with Crippen LogP contribution in [0.2, 0.25) is 4.09 Å². The summed E-state index contributed by atoms with van der Waals surface area (Å²) in [4.78, 5) is 0. The van der Waals surface area contributed by atoms with Crippen LogP contribution >= 0.6 is 0 Å². The molecule has 0 radical (unpaired) electrons. The Balaban J connectivity index is 0. The molecule has 1 heteroatoms. The first kappa shape index (κ1) is 14.1. The minimum absolute atomic E-state index is 0.500.